The second-order valence-corrected chi connectivity index (χ2v) is 9.61. The highest BCUT2D eigenvalue weighted by Gasteiger charge is 2.18. The van der Waals surface area contributed by atoms with Crippen molar-refractivity contribution in [1.82, 2.24) is 40.4 Å². The number of aryl methyl sites for hydroxylation is 1. The Morgan fingerprint density at radius 2 is 1.89 bits per heavy atom. The third-order valence-corrected chi connectivity index (χ3v) is 6.97. The van der Waals surface area contributed by atoms with Gasteiger partial charge in [0, 0.05) is 31.1 Å². The van der Waals surface area contributed by atoms with E-state index < -0.39 is 0 Å². The lowest BCUT2D eigenvalue weighted by Crippen LogP contribution is -2.10. The largest absolute Gasteiger partial charge is 0.252 e. The fraction of sp³-hybridized carbons (Fsp3) is 0.481. The normalized spacial score (nSPS) is 14.4. The van der Waals surface area contributed by atoms with Gasteiger partial charge in [-0.25, -0.2) is 14.8 Å². The summed E-state index contributed by atoms with van der Waals surface area (Å²) in [6.45, 7) is 3.19. The minimum absolute atomic E-state index is 0.565. The van der Waals surface area contributed by atoms with Crippen molar-refractivity contribution in [3.63, 3.8) is 0 Å². The zero-order valence-corrected chi connectivity index (χ0v) is 20.5. The van der Waals surface area contributed by atoms with Crippen molar-refractivity contribution in [3.05, 3.63) is 59.8 Å². The van der Waals surface area contributed by atoms with Gasteiger partial charge in [0.25, 0.3) is 0 Å². The molecule has 182 valence electrons. The number of nitrogens with one attached hydrogen (secondary N) is 1. The number of aromatic nitrogens is 8. The Balaban J connectivity index is 1.34. The molecule has 3 aromatic heterocycles. The van der Waals surface area contributed by atoms with Gasteiger partial charge in [0.2, 0.25) is 0 Å². The minimum atomic E-state index is 0.565. The van der Waals surface area contributed by atoms with Crippen LogP contribution in [0, 0.1) is 5.92 Å². The second-order valence-electron chi connectivity index (χ2n) is 9.61. The molecule has 8 heteroatoms. The number of pyridine rings is 1. The lowest BCUT2D eigenvalue weighted by atomic mass is 9.87. The first-order valence-corrected chi connectivity index (χ1v) is 13.0. The highest BCUT2D eigenvalue weighted by atomic mass is 15.5. The molecule has 3 heterocycles. The van der Waals surface area contributed by atoms with Crippen molar-refractivity contribution in [2.45, 2.75) is 77.7 Å². The van der Waals surface area contributed by atoms with Crippen LogP contribution in [0.25, 0.3) is 22.6 Å². The molecule has 0 bridgehead atoms. The highest BCUT2D eigenvalue weighted by Crippen LogP contribution is 2.29. The Hall–Kier alpha value is -3.42. The van der Waals surface area contributed by atoms with Crippen molar-refractivity contribution in [1.29, 1.82) is 0 Å². The standard InChI is InChI=1S/C27H34N8/c1-2-3-7-17-35-25(29-24(32-35)18-20-9-5-4-6-10-20)19-21-12-14-22(15-13-21)23-11-8-16-28-26(23)27-30-33-34-31-27/h8,11-16,20H,2-7,9-10,17-19H2,1H3,(H,30,31,33,34). The van der Waals surface area contributed by atoms with E-state index in [-0.39, 0.29) is 0 Å². The van der Waals surface area contributed by atoms with Crippen LogP contribution in [0.3, 0.4) is 0 Å². The van der Waals surface area contributed by atoms with Gasteiger partial charge in [-0.3, -0.25) is 4.98 Å². The van der Waals surface area contributed by atoms with Gasteiger partial charge < -0.3 is 0 Å². The van der Waals surface area contributed by atoms with Crippen LogP contribution in [0.1, 0.15) is 75.5 Å². The van der Waals surface area contributed by atoms with E-state index in [0.717, 1.165) is 60.2 Å². The third-order valence-electron chi connectivity index (χ3n) is 6.97. The molecular formula is C27H34N8. The quantitative estimate of drug-likeness (QED) is 0.311. The molecular weight excluding hydrogens is 436 g/mol. The first-order valence-electron chi connectivity index (χ1n) is 13.0. The minimum Gasteiger partial charge on any atom is -0.252 e. The molecule has 0 unspecified atom stereocenters. The first-order chi connectivity index (χ1) is 17.3. The van der Waals surface area contributed by atoms with Crippen molar-refractivity contribution >= 4 is 0 Å². The molecule has 0 atom stereocenters. The van der Waals surface area contributed by atoms with Gasteiger partial charge in [0.05, 0.1) is 0 Å². The SMILES string of the molecule is CCCCCn1nc(CC2CCCCC2)nc1Cc1ccc(-c2cccnc2-c2nnn[nH]2)cc1. The van der Waals surface area contributed by atoms with E-state index in [0.29, 0.717) is 5.82 Å². The summed E-state index contributed by atoms with van der Waals surface area (Å²) in [5.74, 6) is 3.42. The molecule has 4 aromatic rings. The summed E-state index contributed by atoms with van der Waals surface area (Å²) in [6.07, 6.45) is 13.9. The maximum atomic E-state index is 5.02. The molecule has 1 saturated carbocycles. The van der Waals surface area contributed by atoms with Crippen LogP contribution >= 0.6 is 0 Å². The average Bonchev–Trinajstić information content (AvgIpc) is 3.56. The van der Waals surface area contributed by atoms with E-state index in [4.69, 9.17) is 10.1 Å². The molecule has 1 aromatic carbocycles. The highest BCUT2D eigenvalue weighted by molar-refractivity contribution is 5.77. The molecule has 35 heavy (non-hydrogen) atoms. The average molecular weight is 471 g/mol. The zero-order chi connectivity index (χ0) is 23.9. The monoisotopic (exact) mass is 470 g/mol. The third kappa shape index (κ3) is 5.81. The molecule has 5 rings (SSSR count). The number of rotatable bonds is 10. The van der Waals surface area contributed by atoms with Gasteiger partial charge in [-0.05, 0) is 40.0 Å². The van der Waals surface area contributed by atoms with Gasteiger partial charge in [-0.1, -0.05) is 82.2 Å². The fourth-order valence-electron chi connectivity index (χ4n) is 5.05. The van der Waals surface area contributed by atoms with E-state index in [1.807, 2.05) is 12.1 Å². The van der Waals surface area contributed by atoms with Crippen molar-refractivity contribution < 1.29 is 0 Å². The molecule has 1 aliphatic rings. The maximum absolute atomic E-state index is 5.02. The number of H-pyrrole nitrogens is 1. The maximum Gasteiger partial charge on any atom is 0.198 e. The van der Waals surface area contributed by atoms with E-state index in [2.05, 4.69) is 61.5 Å². The molecule has 0 spiro atoms. The van der Waals surface area contributed by atoms with Crippen LogP contribution in [0.5, 0.6) is 0 Å². The van der Waals surface area contributed by atoms with Crippen LogP contribution in [0.15, 0.2) is 42.6 Å². The summed E-state index contributed by atoms with van der Waals surface area (Å²) in [4.78, 5) is 9.51. The van der Waals surface area contributed by atoms with Crippen molar-refractivity contribution in [2.75, 3.05) is 0 Å². The Kier molecular flexibility index (Phi) is 7.56. The fourth-order valence-corrected chi connectivity index (χ4v) is 5.05. The van der Waals surface area contributed by atoms with Crippen molar-refractivity contribution in [2.24, 2.45) is 5.92 Å². The summed E-state index contributed by atoms with van der Waals surface area (Å²) in [5, 5.41) is 19.2. The summed E-state index contributed by atoms with van der Waals surface area (Å²) < 4.78 is 2.16. The Morgan fingerprint density at radius 3 is 2.66 bits per heavy atom. The topological polar surface area (TPSA) is 98.1 Å². The summed E-state index contributed by atoms with van der Waals surface area (Å²) in [6, 6.07) is 12.6. The summed E-state index contributed by atoms with van der Waals surface area (Å²) in [7, 11) is 0. The van der Waals surface area contributed by atoms with Crippen LogP contribution in [-0.4, -0.2) is 40.4 Å². The number of nitrogens with zero attached hydrogens (tertiary/aromatic N) is 7. The zero-order valence-electron chi connectivity index (χ0n) is 20.5. The molecule has 1 fully saturated rings. The Bertz CT molecular complexity index is 1190. The number of benzene rings is 1. The molecule has 0 radical (unpaired) electrons. The van der Waals surface area contributed by atoms with Crippen molar-refractivity contribution in [3.8, 4) is 22.6 Å². The van der Waals surface area contributed by atoms with E-state index in [1.54, 1.807) is 6.20 Å². The van der Waals surface area contributed by atoms with Gasteiger partial charge in [0.15, 0.2) is 11.6 Å². The Labute approximate surface area is 206 Å². The predicted molar refractivity (Wildman–Crippen MR) is 135 cm³/mol. The summed E-state index contributed by atoms with van der Waals surface area (Å²) >= 11 is 0. The van der Waals surface area contributed by atoms with Gasteiger partial charge >= 0.3 is 0 Å². The first kappa shape index (κ1) is 23.3. The molecule has 0 amide bonds. The van der Waals surface area contributed by atoms with E-state index >= 15 is 0 Å². The number of unbranched alkanes of at least 4 members (excludes halogenated alkanes) is 2. The summed E-state index contributed by atoms with van der Waals surface area (Å²) in [5.41, 5.74) is 4.05. The van der Waals surface area contributed by atoms with Gasteiger partial charge in [0.1, 0.15) is 11.5 Å². The van der Waals surface area contributed by atoms with Crippen LogP contribution in [0.4, 0.5) is 0 Å². The molecule has 1 N–H and O–H groups in total. The molecule has 1 aliphatic carbocycles. The van der Waals surface area contributed by atoms with Crippen LogP contribution in [0.2, 0.25) is 0 Å². The van der Waals surface area contributed by atoms with Gasteiger partial charge in [-0.2, -0.15) is 5.10 Å². The van der Waals surface area contributed by atoms with Gasteiger partial charge in [-0.15, -0.1) is 5.10 Å². The number of tetrazole rings is 1. The lowest BCUT2D eigenvalue weighted by molar-refractivity contribution is 0.351. The van der Waals surface area contributed by atoms with Crippen LogP contribution in [-0.2, 0) is 19.4 Å². The second kappa shape index (κ2) is 11.3. The predicted octanol–water partition coefficient (Wildman–Crippen LogP) is 5.42. The van der Waals surface area contributed by atoms with Crippen LogP contribution < -0.4 is 0 Å². The molecule has 0 saturated heterocycles. The molecule has 0 aliphatic heterocycles. The van der Waals surface area contributed by atoms with E-state index in [1.165, 1.54) is 50.5 Å². The number of aromatic amines is 1. The smallest absolute Gasteiger partial charge is 0.198 e. The van der Waals surface area contributed by atoms with E-state index in [9.17, 15) is 0 Å². The number of hydrogen-bond donors (Lipinski definition) is 1. The lowest BCUT2D eigenvalue weighted by Gasteiger charge is -2.19. The number of hydrogen-bond acceptors (Lipinski definition) is 6. The Morgan fingerprint density at radius 1 is 1.03 bits per heavy atom. The molecule has 8 nitrogen and oxygen atoms in total.